The first kappa shape index (κ1) is 12.6. The molecular weight excluding hydrogens is 278 g/mol. The lowest BCUT2D eigenvalue weighted by Crippen LogP contribution is -2.29. The second kappa shape index (κ2) is 4.93. The molecule has 2 amide bonds. The summed E-state index contributed by atoms with van der Waals surface area (Å²) in [5.41, 5.74) is 0.546. The Bertz CT molecular complexity index is 721. The van der Waals surface area contributed by atoms with Crippen LogP contribution in [0.3, 0.4) is 0 Å². The highest BCUT2D eigenvalue weighted by Gasteiger charge is 2.34. The monoisotopic (exact) mass is 287 g/mol. The molecule has 6 nitrogen and oxygen atoms in total. The lowest BCUT2D eigenvalue weighted by molar-refractivity contribution is 0.0684. The molecule has 0 radical (unpaired) electrons. The predicted octanol–water partition coefficient (Wildman–Crippen LogP) is 1.12. The Morgan fingerprint density at radius 2 is 1.70 bits per heavy atom. The molecular formula is C13H9N3O3S. The Kier molecular flexibility index (Phi) is 3.11. The van der Waals surface area contributed by atoms with Crippen LogP contribution in [-0.2, 0) is 0 Å². The van der Waals surface area contributed by atoms with Crippen LogP contribution < -0.4 is 5.56 Å². The number of aromatic nitrogens is 2. The molecule has 0 unspecified atom stereocenters. The van der Waals surface area contributed by atoms with Crippen LogP contribution in [0.5, 0.6) is 0 Å². The zero-order chi connectivity index (χ0) is 14.1. The van der Waals surface area contributed by atoms with E-state index in [-0.39, 0.29) is 23.3 Å². The summed E-state index contributed by atoms with van der Waals surface area (Å²) in [4.78, 5) is 43.0. The number of rotatable bonds is 3. The second-order valence-corrected chi connectivity index (χ2v) is 5.03. The summed E-state index contributed by atoms with van der Waals surface area (Å²) in [7, 11) is 0. The van der Waals surface area contributed by atoms with Crippen molar-refractivity contribution in [3.05, 3.63) is 58.0 Å². The van der Waals surface area contributed by atoms with Crippen molar-refractivity contribution in [1.29, 1.82) is 0 Å². The van der Waals surface area contributed by atoms with Crippen LogP contribution in [0.2, 0.25) is 0 Å². The van der Waals surface area contributed by atoms with Crippen molar-refractivity contribution >= 4 is 23.6 Å². The van der Waals surface area contributed by atoms with Gasteiger partial charge in [0.1, 0.15) is 0 Å². The third kappa shape index (κ3) is 2.12. The first-order valence-electron chi connectivity index (χ1n) is 5.80. The zero-order valence-electron chi connectivity index (χ0n) is 10.2. The fourth-order valence-corrected chi connectivity index (χ4v) is 2.70. The van der Waals surface area contributed by atoms with Gasteiger partial charge in [-0.05, 0) is 12.1 Å². The van der Waals surface area contributed by atoms with Crippen LogP contribution >= 0.6 is 11.8 Å². The fourth-order valence-electron chi connectivity index (χ4n) is 1.91. The number of hydrogen-bond acceptors (Lipinski definition) is 5. The maximum absolute atomic E-state index is 12.1. The number of nitrogens with one attached hydrogen (secondary N) is 1. The van der Waals surface area contributed by atoms with E-state index in [0.29, 0.717) is 16.3 Å². The average molecular weight is 287 g/mol. The summed E-state index contributed by atoms with van der Waals surface area (Å²) in [5, 5.41) is 0.369. The number of carbonyl (C=O) groups is 2. The number of aromatic amines is 1. The van der Waals surface area contributed by atoms with E-state index in [0.717, 1.165) is 16.7 Å². The molecule has 1 aliphatic rings. The Labute approximate surface area is 117 Å². The van der Waals surface area contributed by atoms with Gasteiger partial charge in [0, 0.05) is 12.3 Å². The highest BCUT2D eigenvalue weighted by Crippen LogP contribution is 2.25. The number of fused-ring (bicyclic) bond motifs is 1. The van der Waals surface area contributed by atoms with E-state index in [1.165, 1.54) is 12.3 Å². The molecule has 20 heavy (non-hydrogen) atoms. The second-order valence-electron chi connectivity index (χ2n) is 4.10. The first-order valence-corrected chi connectivity index (χ1v) is 6.79. The van der Waals surface area contributed by atoms with Gasteiger partial charge in [-0.3, -0.25) is 19.3 Å². The molecule has 2 aromatic rings. The van der Waals surface area contributed by atoms with Gasteiger partial charge in [-0.25, -0.2) is 4.98 Å². The van der Waals surface area contributed by atoms with Crippen molar-refractivity contribution in [2.24, 2.45) is 0 Å². The average Bonchev–Trinajstić information content (AvgIpc) is 2.70. The number of hydrogen-bond donors (Lipinski definition) is 1. The molecule has 0 fully saturated rings. The molecule has 3 rings (SSSR count). The van der Waals surface area contributed by atoms with Crippen LogP contribution in [0.25, 0.3) is 0 Å². The van der Waals surface area contributed by atoms with E-state index in [1.54, 1.807) is 24.3 Å². The van der Waals surface area contributed by atoms with Crippen molar-refractivity contribution in [2.75, 3.05) is 5.88 Å². The molecule has 0 saturated heterocycles. The van der Waals surface area contributed by atoms with Crippen LogP contribution in [0, 0.1) is 0 Å². The van der Waals surface area contributed by atoms with Crippen molar-refractivity contribution in [3.63, 3.8) is 0 Å². The van der Waals surface area contributed by atoms with E-state index in [4.69, 9.17) is 0 Å². The number of benzene rings is 1. The quantitative estimate of drug-likeness (QED) is 0.519. The Balaban J connectivity index is 1.79. The maximum Gasteiger partial charge on any atom is 0.262 e. The standard InChI is InChI=1S/C13H9N3O3S/c17-10-5-6-14-13(15-10)20-7-16-11(18)8-3-1-2-4-9(8)12(16)19/h1-6H,7H2,(H,14,15,17). The molecule has 0 bridgehead atoms. The van der Waals surface area contributed by atoms with Gasteiger partial charge in [0.2, 0.25) is 0 Å². The van der Waals surface area contributed by atoms with E-state index in [9.17, 15) is 14.4 Å². The summed E-state index contributed by atoms with van der Waals surface area (Å²) in [6.07, 6.45) is 1.38. The fraction of sp³-hybridized carbons (Fsp3) is 0.0769. The Morgan fingerprint density at radius 3 is 2.30 bits per heavy atom. The van der Waals surface area contributed by atoms with Gasteiger partial charge in [-0.15, -0.1) is 0 Å². The largest absolute Gasteiger partial charge is 0.301 e. The SMILES string of the molecule is O=C1c2ccccc2C(=O)N1CSc1nccc(=O)[nH]1. The van der Waals surface area contributed by atoms with Gasteiger partial charge in [0.05, 0.1) is 17.0 Å². The highest BCUT2D eigenvalue weighted by atomic mass is 32.2. The zero-order valence-corrected chi connectivity index (χ0v) is 11.0. The topological polar surface area (TPSA) is 83.1 Å². The van der Waals surface area contributed by atoms with Gasteiger partial charge in [-0.2, -0.15) is 0 Å². The van der Waals surface area contributed by atoms with Crippen LogP contribution in [0.1, 0.15) is 20.7 Å². The van der Waals surface area contributed by atoms with E-state index >= 15 is 0 Å². The first-order chi connectivity index (χ1) is 9.66. The van der Waals surface area contributed by atoms with E-state index < -0.39 is 0 Å². The van der Waals surface area contributed by atoms with Gasteiger partial charge in [0.15, 0.2) is 5.16 Å². The Morgan fingerprint density at radius 1 is 1.05 bits per heavy atom. The molecule has 0 saturated carbocycles. The van der Waals surface area contributed by atoms with Gasteiger partial charge < -0.3 is 4.98 Å². The van der Waals surface area contributed by atoms with Crippen molar-refractivity contribution in [2.45, 2.75) is 5.16 Å². The third-order valence-corrected chi connectivity index (χ3v) is 3.72. The van der Waals surface area contributed by atoms with Crippen molar-refractivity contribution in [3.8, 4) is 0 Å². The molecule has 100 valence electrons. The summed E-state index contributed by atoms with van der Waals surface area (Å²) in [5.74, 6) is -0.535. The molecule has 7 heteroatoms. The van der Waals surface area contributed by atoms with Gasteiger partial charge in [-0.1, -0.05) is 23.9 Å². The number of imide groups is 1. The number of nitrogens with zero attached hydrogens (tertiary/aromatic N) is 2. The van der Waals surface area contributed by atoms with Crippen LogP contribution in [-0.4, -0.2) is 32.6 Å². The molecule has 0 atom stereocenters. The summed E-state index contributed by atoms with van der Waals surface area (Å²) in [6.45, 7) is 0. The van der Waals surface area contributed by atoms with Crippen LogP contribution in [0.4, 0.5) is 0 Å². The smallest absolute Gasteiger partial charge is 0.262 e. The summed E-state index contributed by atoms with van der Waals surface area (Å²) in [6, 6.07) is 7.99. The third-order valence-electron chi connectivity index (χ3n) is 2.86. The predicted molar refractivity (Wildman–Crippen MR) is 72.5 cm³/mol. The summed E-state index contributed by atoms with van der Waals surface area (Å²) >= 11 is 1.13. The molecule has 0 spiro atoms. The molecule has 1 aromatic carbocycles. The minimum absolute atomic E-state index is 0.110. The van der Waals surface area contributed by atoms with E-state index in [2.05, 4.69) is 9.97 Å². The van der Waals surface area contributed by atoms with Gasteiger partial charge in [0.25, 0.3) is 17.4 Å². The lowest BCUT2D eigenvalue weighted by Gasteiger charge is -2.12. The number of H-pyrrole nitrogens is 1. The number of carbonyl (C=O) groups excluding carboxylic acids is 2. The van der Waals surface area contributed by atoms with Crippen molar-refractivity contribution in [1.82, 2.24) is 14.9 Å². The van der Waals surface area contributed by atoms with Gasteiger partial charge >= 0.3 is 0 Å². The Hall–Kier alpha value is -2.41. The normalized spacial score (nSPS) is 13.7. The summed E-state index contributed by atoms with van der Waals surface area (Å²) < 4.78 is 0. The molecule has 1 aromatic heterocycles. The van der Waals surface area contributed by atoms with Crippen LogP contribution in [0.15, 0.2) is 46.5 Å². The molecule has 1 N–H and O–H groups in total. The molecule has 1 aliphatic heterocycles. The number of amides is 2. The highest BCUT2D eigenvalue weighted by molar-refractivity contribution is 7.99. The molecule has 0 aliphatic carbocycles. The maximum atomic E-state index is 12.1. The minimum Gasteiger partial charge on any atom is -0.301 e. The lowest BCUT2D eigenvalue weighted by atomic mass is 10.1. The minimum atomic E-state index is -0.323. The number of thioether (sulfide) groups is 1. The van der Waals surface area contributed by atoms with Crippen molar-refractivity contribution < 1.29 is 9.59 Å². The molecule has 2 heterocycles. The van der Waals surface area contributed by atoms with E-state index in [1.807, 2.05) is 0 Å².